The summed E-state index contributed by atoms with van der Waals surface area (Å²) in [6.07, 6.45) is 2.42. The number of likely N-dealkylation sites (tertiary alicyclic amines) is 1. The molecule has 1 amide bonds. The van der Waals surface area contributed by atoms with Crippen molar-refractivity contribution in [3.8, 4) is 0 Å². The highest BCUT2D eigenvalue weighted by atomic mass is 32.1. The van der Waals surface area contributed by atoms with Crippen LogP contribution in [0.3, 0.4) is 0 Å². The van der Waals surface area contributed by atoms with Gasteiger partial charge < -0.3 is 10.2 Å². The zero-order valence-electron chi connectivity index (χ0n) is 17.6. The zero-order chi connectivity index (χ0) is 20.4. The summed E-state index contributed by atoms with van der Waals surface area (Å²) in [5.41, 5.74) is 3.37. The Kier molecular flexibility index (Phi) is 5.75. The Hall–Kier alpha value is -2.17. The van der Waals surface area contributed by atoms with Gasteiger partial charge in [0.1, 0.15) is 0 Å². The van der Waals surface area contributed by atoms with Crippen molar-refractivity contribution in [3.63, 3.8) is 0 Å². The van der Waals surface area contributed by atoms with Crippen LogP contribution in [-0.2, 0) is 0 Å². The molecule has 4 heteroatoms. The predicted molar refractivity (Wildman–Crippen MR) is 124 cm³/mol. The first-order chi connectivity index (χ1) is 13.9. The average Bonchev–Trinajstić information content (AvgIpc) is 3.11. The molecule has 2 heterocycles. The maximum atomic E-state index is 12.5. The number of carbonyl (C=O) groups excluding carboxylic acids is 1. The average molecular weight is 407 g/mol. The number of benzene rings is 2. The number of nitrogens with one attached hydrogen (secondary N) is 1. The van der Waals surface area contributed by atoms with Crippen LogP contribution in [0.25, 0.3) is 10.1 Å². The largest absolute Gasteiger partial charge is 0.322 e. The van der Waals surface area contributed by atoms with E-state index >= 15 is 0 Å². The van der Waals surface area contributed by atoms with Crippen molar-refractivity contribution in [2.75, 3.05) is 25.0 Å². The van der Waals surface area contributed by atoms with Crippen LogP contribution in [0.15, 0.2) is 53.9 Å². The summed E-state index contributed by atoms with van der Waals surface area (Å²) in [6.45, 7) is 10.5. The van der Waals surface area contributed by atoms with Gasteiger partial charge in [0.15, 0.2) is 0 Å². The van der Waals surface area contributed by atoms with Crippen LogP contribution >= 0.6 is 11.3 Å². The molecule has 1 saturated heterocycles. The van der Waals surface area contributed by atoms with Crippen molar-refractivity contribution in [1.29, 1.82) is 0 Å². The SMILES string of the molecule is CC(C)(C)CN1CCC(c2csc3ccc(NC(=O)c4ccccc4)cc23)CC1. The van der Waals surface area contributed by atoms with Gasteiger partial charge in [-0.15, -0.1) is 11.3 Å². The Bertz CT molecular complexity index is 979. The molecule has 3 aromatic rings. The third kappa shape index (κ3) is 4.88. The molecule has 0 radical (unpaired) electrons. The van der Waals surface area contributed by atoms with Gasteiger partial charge in [-0.05, 0) is 83.9 Å². The third-order valence-corrected chi connectivity index (χ3v) is 6.60. The topological polar surface area (TPSA) is 32.3 Å². The van der Waals surface area contributed by atoms with E-state index in [1.54, 1.807) is 0 Å². The molecule has 0 spiro atoms. The fraction of sp³-hybridized carbons (Fsp3) is 0.400. The number of amides is 1. The second-order valence-corrected chi connectivity index (χ2v) is 10.2. The van der Waals surface area contributed by atoms with Crippen LogP contribution in [0.2, 0.25) is 0 Å². The van der Waals surface area contributed by atoms with Gasteiger partial charge in [-0.3, -0.25) is 4.79 Å². The molecule has 0 atom stereocenters. The van der Waals surface area contributed by atoms with Crippen molar-refractivity contribution >= 4 is 33.0 Å². The molecule has 1 fully saturated rings. The minimum atomic E-state index is -0.0581. The van der Waals surface area contributed by atoms with E-state index in [0.717, 1.165) is 5.69 Å². The van der Waals surface area contributed by atoms with Crippen molar-refractivity contribution in [2.24, 2.45) is 5.41 Å². The zero-order valence-corrected chi connectivity index (χ0v) is 18.4. The van der Waals surface area contributed by atoms with Crippen LogP contribution in [0.1, 0.15) is 55.5 Å². The second-order valence-electron chi connectivity index (χ2n) is 9.33. The number of hydrogen-bond acceptors (Lipinski definition) is 3. The summed E-state index contributed by atoms with van der Waals surface area (Å²) in [5, 5.41) is 6.69. The fourth-order valence-electron chi connectivity index (χ4n) is 4.31. The Morgan fingerprint density at radius 2 is 1.83 bits per heavy atom. The van der Waals surface area contributed by atoms with Crippen LogP contribution in [-0.4, -0.2) is 30.4 Å². The summed E-state index contributed by atoms with van der Waals surface area (Å²) in [5.74, 6) is 0.553. The van der Waals surface area contributed by atoms with Crippen LogP contribution in [0.5, 0.6) is 0 Å². The number of piperidine rings is 1. The molecule has 1 aliphatic rings. The molecule has 4 rings (SSSR count). The predicted octanol–water partition coefficient (Wildman–Crippen LogP) is 6.38. The van der Waals surface area contributed by atoms with Gasteiger partial charge in [0.25, 0.3) is 5.91 Å². The lowest BCUT2D eigenvalue weighted by molar-refractivity contribution is 0.102. The lowest BCUT2D eigenvalue weighted by atomic mass is 9.87. The number of thiophene rings is 1. The first kappa shape index (κ1) is 20.1. The summed E-state index contributed by atoms with van der Waals surface area (Å²) >= 11 is 1.82. The summed E-state index contributed by atoms with van der Waals surface area (Å²) in [4.78, 5) is 15.1. The Balaban J connectivity index is 1.49. The first-order valence-electron chi connectivity index (χ1n) is 10.5. The molecular weight excluding hydrogens is 376 g/mol. The first-order valence-corrected chi connectivity index (χ1v) is 11.4. The monoisotopic (exact) mass is 406 g/mol. The van der Waals surface area contributed by atoms with Crippen LogP contribution < -0.4 is 5.32 Å². The van der Waals surface area contributed by atoms with Crippen molar-refractivity contribution in [3.05, 3.63) is 65.0 Å². The van der Waals surface area contributed by atoms with E-state index in [9.17, 15) is 4.79 Å². The number of nitrogens with zero attached hydrogens (tertiary/aromatic N) is 1. The maximum Gasteiger partial charge on any atom is 0.255 e. The van der Waals surface area contributed by atoms with Gasteiger partial charge in [0.05, 0.1) is 0 Å². The molecule has 1 aliphatic heterocycles. The molecule has 29 heavy (non-hydrogen) atoms. The summed E-state index contributed by atoms with van der Waals surface area (Å²) < 4.78 is 1.30. The summed E-state index contributed by atoms with van der Waals surface area (Å²) in [6, 6.07) is 15.7. The van der Waals surface area contributed by atoms with E-state index in [-0.39, 0.29) is 5.91 Å². The minimum absolute atomic E-state index is 0.0581. The standard InChI is InChI=1S/C25H30N2OS/c1-25(2,3)17-27-13-11-18(12-14-27)22-16-29-23-10-9-20(15-21(22)23)26-24(28)19-7-5-4-6-8-19/h4-10,15-16,18H,11-14,17H2,1-3H3,(H,26,28). The van der Waals surface area contributed by atoms with Gasteiger partial charge >= 0.3 is 0 Å². The smallest absolute Gasteiger partial charge is 0.255 e. The van der Waals surface area contributed by atoms with E-state index < -0.39 is 0 Å². The van der Waals surface area contributed by atoms with E-state index in [1.165, 1.54) is 48.1 Å². The molecule has 0 saturated carbocycles. The Morgan fingerprint density at radius 3 is 2.52 bits per heavy atom. The molecule has 0 bridgehead atoms. The number of hydrogen-bond donors (Lipinski definition) is 1. The quantitative estimate of drug-likeness (QED) is 0.545. The second kappa shape index (κ2) is 8.29. The van der Waals surface area contributed by atoms with Gasteiger partial charge in [-0.1, -0.05) is 39.0 Å². The number of fused-ring (bicyclic) bond motifs is 1. The van der Waals surface area contributed by atoms with E-state index in [2.05, 4.69) is 48.5 Å². The van der Waals surface area contributed by atoms with Gasteiger partial charge in [-0.2, -0.15) is 0 Å². The molecular formula is C25H30N2OS. The molecule has 2 aromatic carbocycles. The lowest BCUT2D eigenvalue weighted by Crippen LogP contribution is -2.38. The van der Waals surface area contributed by atoms with E-state index in [1.807, 2.05) is 47.7 Å². The van der Waals surface area contributed by atoms with Crippen LogP contribution in [0, 0.1) is 5.41 Å². The third-order valence-electron chi connectivity index (χ3n) is 5.62. The molecule has 0 aliphatic carbocycles. The normalized spacial score (nSPS) is 16.2. The lowest BCUT2D eigenvalue weighted by Gasteiger charge is -2.36. The van der Waals surface area contributed by atoms with E-state index in [4.69, 9.17) is 0 Å². The molecule has 152 valence electrons. The molecule has 0 unspecified atom stereocenters. The molecule has 1 aromatic heterocycles. The van der Waals surface area contributed by atoms with Gasteiger partial charge in [0, 0.05) is 22.5 Å². The number of rotatable bonds is 4. The Morgan fingerprint density at radius 1 is 1.10 bits per heavy atom. The number of carbonyl (C=O) groups is 1. The highest BCUT2D eigenvalue weighted by molar-refractivity contribution is 7.17. The molecule has 1 N–H and O–H groups in total. The van der Waals surface area contributed by atoms with Crippen LogP contribution in [0.4, 0.5) is 5.69 Å². The van der Waals surface area contributed by atoms with Crippen molar-refractivity contribution in [1.82, 2.24) is 4.90 Å². The van der Waals surface area contributed by atoms with Gasteiger partial charge in [-0.25, -0.2) is 0 Å². The van der Waals surface area contributed by atoms with Crippen molar-refractivity contribution in [2.45, 2.75) is 39.5 Å². The summed E-state index contributed by atoms with van der Waals surface area (Å²) in [7, 11) is 0. The highest BCUT2D eigenvalue weighted by Gasteiger charge is 2.25. The highest BCUT2D eigenvalue weighted by Crippen LogP contribution is 2.38. The minimum Gasteiger partial charge on any atom is -0.322 e. The Labute approximate surface area is 177 Å². The van der Waals surface area contributed by atoms with E-state index in [0.29, 0.717) is 16.9 Å². The maximum absolute atomic E-state index is 12.5. The van der Waals surface area contributed by atoms with Gasteiger partial charge in [0.2, 0.25) is 0 Å². The van der Waals surface area contributed by atoms with Crippen molar-refractivity contribution < 1.29 is 4.79 Å². The number of anilines is 1. The molecule has 3 nitrogen and oxygen atoms in total. The fourth-order valence-corrected chi connectivity index (χ4v) is 5.33.